The van der Waals surface area contributed by atoms with Crippen LogP contribution in [0.4, 0.5) is 0 Å². The predicted octanol–water partition coefficient (Wildman–Crippen LogP) is -1.92. The van der Waals surface area contributed by atoms with Gasteiger partial charge in [-0.3, -0.25) is 19.2 Å². The van der Waals surface area contributed by atoms with E-state index in [0.29, 0.717) is 12.8 Å². The summed E-state index contributed by atoms with van der Waals surface area (Å²) in [4.78, 5) is 60.6. The second-order valence-electron chi connectivity index (χ2n) is 6.55. The van der Waals surface area contributed by atoms with Crippen LogP contribution in [0, 0.1) is 0 Å². The van der Waals surface area contributed by atoms with Crippen molar-refractivity contribution in [2.75, 3.05) is 18.1 Å². The van der Waals surface area contributed by atoms with E-state index in [1.165, 1.54) is 4.90 Å². The van der Waals surface area contributed by atoms with Crippen LogP contribution in [-0.2, 0) is 24.0 Å². The first-order chi connectivity index (χ1) is 13.6. The van der Waals surface area contributed by atoms with Gasteiger partial charge in [-0.25, -0.2) is 4.79 Å². The van der Waals surface area contributed by atoms with Crippen molar-refractivity contribution in [2.24, 2.45) is 5.73 Å². The number of amides is 3. The van der Waals surface area contributed by atoms with E-state index < -0.39 is 60.2 Å². The monoisotopic (exact) mass is 450 g/mol. The topological polar surface area (TPSA) is 179 Å². The quantitative estimate of drug-likeness (QED) is 0.178. The Morgan fingerprint density at radius 2 is 1.66 bits per heavy atom. The van der Waals surface area contributed by atoms with Crippen molar-refractivity contribution in [3.63, 3.8) is 0 Å². The SMILES string of the molecule is NC(CS)C(=O)NC(CCC(=O)O)C(=O)NC(CS)C(=O)N1CCCC1C(=O)O. The third-order valence-corrected chi connectivity index (χ3v) is 5.19. The van der Waals surface area contributed by atoms with Crippen LogP contribution in [0.2, 0.25) is 0 Å². The Morgan fingerprint density at radius 1 is 1.03 bits per heavy atom. The van der Waals surface area contributed by atoms with Crippen LogP contribution in [0.3, 0.4) is 0 Å². The number of likely N-dealkylation sites (tertiary alicyclic amines) is 1. The van der Waals surface area contributed by atoms with E-state index in [9.17, 15) is 29.1 Å². The van der Waals surface area contributed by atoms with Gasteiger partial charge in [-0.1, -0.05) is 0 Å². The van der Waals surface area contributed by atoms with Gasteiger partial charge < -0.3 is 31.5 Å². The zero-order valence-corrected chi connectivity index (χ0v) is 17.4. The third kappa shape index (κ3) is 7.40. The molecule has 0 bridgehead atoms. The van der Waals surface area contributed by atoms with Gasteiger partial charge in [0.05, 0.1) is 6.04 Å². The number of carbonyl (C=O) groups is 5. The largest absolute Gasteiger partial charge is 0.481 e. The number of hydrogen-bond donors (Lipinski definition) is 7. The van der Waals surface area contributed by atoms with Crippen LogP contribution in [-0.4, -0.2) is 87.0 Å². The van der Waals surface area contributed by atoms with Crippen molar-refractivity contribution in [1.29, 1.82) is 0 Å². The number of nitrogens with two attached hydrogens (primary N) is 1. The summed E-state index contributed by atoms with van der Waals surface area (Å²) < 4.78 is 0. The van der Waals surface area contributed by atoms with Gasteiger partial charge in [-0.15, -0.1) is 0 Å². The number of aliphatic carboxylic acids is 2. The Labute approximate surface area is 178 Å². The molecule has 4 atom stereocenters. The number of carboxylic acids is 2. The van der Waals surface area contributed by atoms with Gasteiger partial charge in [-0.05, 0) is 19.3 Å². The Hall–Kier alpha value is -1.99. The van der Waals surface area contributed by atoms with E-state index in [4.69, 9.17) is 10.8 Å². The van der Waals surface area contributed by atoms with Crippen molar-refractivity contribution >= 4 is 54.9 Å². The molecule has 29 heavy (non-hydrogen) atoms. The number of nitrogens with zero attached hydrogens (tertiary/aromatic N) is 1. The molecular formula is C16H26N4O7S2. The summed E-state index contributed by atoms with van der Waals surface area (Å²) >= 11 is 7.95. The summed E-state index contributed by atoms with van der Waals surface area (Å²) in [6.45, 7) is 0.242. The third-order valence-electron chi connectivity index (χ3n) is 4.43. The molecule has 0 aromatic carbocycles. The summed E-state index contributed by atoms with van der Waals surface area (Å²) in [6, 6.07) is -4.35. The molecule has 3 amide bonds. The second kappa shape index (κ2) is 11.9. The van der Waals surface area contributed by atoms with Crippen LogP contribution < -0.4 is 16.4 Å². The predicted molar refractivity (Wildman–Crippen MR) is 109 cm³/mol. The minimum Gasteiger partial charge on any atom is -0.481 e. The van der Waals surface area contributed by atoms with E-state index in [1.54, 1.807) is 0 Å². The highest BCUT2D eigenvalue weighted by Crippen LogP contribution is 2.19. The molecule has 1 heterocycles. The van der Waals surface area contributed by atoms with Crippen molar-refractivity contribution < 1.29 is 34.2 Å². The number of carbonyl (C=O) groups excluding carboxylic acids is 3. The normalized spacial score (nSPS) is 19.1. The lowest BCUT2D eigenvalue weighted by Gasteiger charge is -2.28. The highest BCUT2D eigenvalue weighted by Gasteiger charge is 2.38. The highest BCUT2D eigenvalue weighted by atomic mass is 32.1. The lowest BCUT2D eigenvalue weighted by molar-refractivity contribution is -0.149. The van der Waals surface area contributed by atoms with Gasteiger partial charge in [-0.2, -0.15) is 25.3 Å². The summed E-state index contributed by atoms with van der Waals surface area (Å²) in [5.41, 5.74) is 5.56. The molecular weight excluding hydrogens is 424 g/mol. The zero-order chi connectivity index (χ0) is 22.1. The Kier molecular flexibility index (Phi) is 10.3. The summed E-state index contributed by atoms with van der Waals surface area (Å²) in [6.07, 6.45) is 0.213. The van der Waals surface area contributed by atoms with Gasteiger partial charge in [0.15, 0.2) is 0 Å². The average molecular weight is 451 g/mol. The minimum absolute atomic E-state index is 0.0163. The maximum atomic E-state index is 12.7. The first kappa shape index (κ1) is 25.0. The molecule has 1 rings (SSSR count). The number of carboxylic acid groups (broad SMARTS) is 2. The maximum Gasteiger partial charge on any atom is 0.326 e. The van der Waals surface area contributed by atoms with E-state index in [0.717, 1.165) is 0 Å². The number of rotatable bonds is 11. The fourth-order valence-electron chi connectivity index (χ4n) is 2.84. The first-order valence-corrected chi connectivity index (χ1v) is 10.2. The molecule has 11 nitrogen and oxygen atoms in total. The fraction of sp³-hybridized carbons (Fsp3) is 0.688. The number of thiol groups is 2. The minimum atomic E-state index is -1.24. The van der Waals surface area contributed by atoms with Crippen molar-refractivity contribution in [3.8, 4) is 0 Å². The molecule has 164 valence electrons. The standard InChI is InChI=1S/C16H26N4O7S2/c17-8(6-28)13(23)18-9(3-4-12(21)22)14(24)19-10(7-29)15(25)20-5-1-2-11(20)16(26)27/h8-11,28-29H,1-7,17H2,(H,18,23)(H,19,24)(H,21,22)(H,26,27). The van der Waals surface area contributed by atoms with Crippen LogP contribution in [0.5, 0.6) is 0 Å². The molecule has 0 spiro atoms. The van der Waals surface area contributed by atoms with Gasteiger partial charge >= 0.3 is 11.9 Å². The first-order valence-electron chi connectivity index (χ1n) is 8.95. The lowest BCUT2D eigenvalue weighted by Crippen LogP contribution is -2.57. The van der Waals surface area contributed by atoms with Crippen molar-refractivity contribution in [2.45, 2.75) is 49.9 Å². The Balaban J connectivity index is 2.87. The average Bonchev–Trinajstić information content (AvgIpc) is 3.17. The molecule has 0 aliphatic carbocycles. The van der Waals surface area contributed by atoms with E-state index in [2.05, 4.69) is 35.9 Å². The molecule has 1 aliphatic rings. The molecule has 1 fully saturated rings. The van der Waals surface area contributed by atoms with Gasteiger partial charge in [0.1, 0.15) is 18.1 Å². The molecule has 0 aromatic rings. The van der Waals surface area contributed by atoms with E-state index >= 15 is 0 Å². The maximum absolute atomic E-state index is 12.7. The Morgan fingerprint density at radius 3 is 2.17 bits per heavy atom. The molecule has 1 saturated heterocycles. The summed E-state index contributed by atoms with van der Waals surface area (Å²) in [7, 11) is 0. The molecule has 6 N–H and O–H groups in total. The van der Waals surface area contributed by atoms with Gasteiger partial charge in [0.2, 0.25) is 17.7 Å². The number of hydrogen-bond acceptors (Lipinski definition) is 8. The summed E-state index contributed by atoms with van der Waals surface area (Å²) in [5, 5.41) is 22.9. The lowest BCUT2D eigenvalue weighted by atomic mass is 10.1. The molecule has 13 heteroatoms. The second-order valence-corrected chi connectivity index (χ2v) is 7.28. The summed E-state index contributed by atoms with van der Waals surface area (Å²) in [5.74, 6) is -4.47. The highest BCUT2D eigenvalue weighted by molar-refractivity contribution is 7.80. The fourth-order valence-corrected chi connectivity index (χ4v) is 3.26. The number of nitrogens with one attached hydrogen (secondary N) is 2. The van der Waals surface area contributed by atoms with E-state index in [1.807, 2.05) is 0 Å². The van der Waals surface area contributed by atoms with Crippen LogP contribution >= 0.6 is 25.3 Å². The van der Waals surface area contributed by atoms with Crippen molar-refractivity contribution in [3.05, 3.63) is 0 Å². The molecule has 1 aliphatic heterocycles. The molecule has 4 unspecified atom stereocenters. The van der Waals surface area contributed by atoms with Crippen LogP contribution in [0.15, 0.2) is 0 Å². The van der Waals surface area contributed by atoms with Gasteiger partial charge in [0.25, 0.3) is 0 Å². The Bertz CT molecular complexity index is 649. The van der Waals surface area contributed by atoms with Crippen molar-refractivity contribution in [1.82, 2.24) is 15.5 Å². The molecule has 0 radical (unpaired) electrons. The van der Waals surface area contributed by atoms with Crippen LogP contribution in [0.25, 0.3) is 0 Å². The van der Waals surface area contributed by atoms with E-state index in [-0.39, 0.29) is 24.5 Å². The molecule has 0 saturated carbocycles. The van der Waals surface area contributed by atoms with Crippen LogP contribution in [0.1, 0.15) is 25.7 Å². The molecule has 0 aromatic heterocycles. The smallest absolute Gasteiger partial charge is 0.326 e. The zero-order valence-electron chi connectivity index (χ0n) is 15.6. The van der Waals surface area contributed by atoms with Gasteiger partial charge in [0, 0.05) is 24.5 Å².